The zero-order chi connectivity index (χ0) is 20.1. The summed E-state index contributed by atoms with van der Waals surface area (Å²) in [5.74, 6) is -0.0291. The van der Waals surface area contributed by atoms with Crippen LogP contribution in [-0.4, -0.2) is 67.0 Å². The quantitative estimate of drug-likeness (QED) is 0.843. The number of carbonyl (C=O) groups is 2. The van der Waals surface area contributed by atoms with Gasteiger partial charge in [-0.05, 0) is 16.7 Å². The fourth-order valence-electron chi connectivity index (χ4n) is 3.95. The van der Waals surface area contributed by atoms with Gasteiger partial charge in [-0.1, -0.05) is 54.6 Å². The van der Waals surface area contributed by atoms with Crippen LogP contribution in [0, 0.1) is 0 Å². The maximum absolute atomic E-state index is 12.7. The highest BCUT2D eigenvalue weighted by molar-refractivity contribution is 5.88. The predicted molar refractivity (Wildman–Crippen MR) is 111 cm³/mol. The van der Waals surface area contributed by atoms with E-state index < -0.39 is 6.04 Å². The molecule has 2 aliphatic rings. The second-order valence-electron chi connectivity index (χ2n) is 7.54. The first-order valence-corrected chi connectivity index (χ1v) is 10.2. The number of hydrogen-bond acceptors (Lipinski definition) is 4. The highest BCUT2D eigenvalue weighted by Crippen LogP contribution is 2.21. The summed E-state index contributed by atoms with van der Waals surface area (Å²) in [4.78, 5) is 29.1. The largest absolute Gasteiger partial charge is 0.378 e. The molecule has 0 unspecified atom stereocenters. The summed E-state index contributed by atoms with van der Waals surface area (Å²) in [6.07, 6.45) is 0.216. The molecule has 0 aliphatic carbocycles. The average Bonchev–Trinajstić information content (AvgIpc) is 2.78. The van der Waals surface area contributed by atoms with Crippen molar-refractivity contribution in [1.82, 2.24) is 15.1 Å². The second kappa shape index (κ2) is 9.20. The summed E-state index contributed by atoms with van der Waals surface area (Å²) < 4.78 is 5.32. The molecule has 2 saturated heterocycles. The van der Waals surface area contributed by atoms with Crippen LogP contribution >= 0.6 is 0 Å². The van der Waals surface area contributed by atoms with Crippen molar-refractivity contribution >= 4 is 11.8 Å². The monoisotopic (exact) mass is 393 g/mol. The first-order valence-electron chi connectivity index (χ1n) is 10.2. The zero-order valence-corrected chi connectivity index (χ0v) is 16.5. The third-order valence-electron chi connectivity index (χ3n) is 5.62. The Labute approximate surface area is 171 Å². The Morgan fingerprint density at radius 2 is 1.66 bits per heavy atom. The van der Waals surface area contributed by atoms with Crippen LogP contribution in [-0.2, 0) is 20.9 Å². The van der Waals surface area contributed by atoms with Crippen molar-refractivity contribution in [2.75, 3.05) is 39.4 Å². The molecule has 29 heavy (non-hydrogen) atoms. The maximum atomic E-state index is 12.7. The Morgan fingerprint density at radius 1 is 0.966 bits per heavy atom. The molecule has 2 heterocycles. The van der Waals surface area contributed by atoms with Crippen molar-refractivity contribution in [1.29, 1.82) is 0 Å². The van der Waals surface area contributed by atoms with Crippen LogP contribution in [0.5, 0.6) is 0 Å². The van der Waals surface area contributed by atoms with Crippen molar-refractivity contribution in [3.63, 3.8) is 0 Å². The first kappa shape index (κ1) is 19.6. The molecule has 2 amide bonds. The minimum atomic E-state index is -0.423. The molecular weight excluding hydrogens is 366 g/mol. The van der Waals surface area contributed by atoms with Crippen LogP contribution in [0.4, 0.5) is 0 Å². The normalized spacial score (nSPS) is 20.3. The SMILES string of the molecule is O=C1NCCN(Cc2ccc(-c3ccccc3)cc2)[C@@H]1CC(=O)N1CCOCC1. The molecule has 152 valence electrons. The lowest BCUT2D eigenvalue weighted by atomic mass is 10.0. The van der Waals surface area contributed by atoms with Crippen LogP contribution in [0.15, 0.2) is 54.6 Å². The maximum Gasteiger partial charge on any atom is 0.237 e. The Bertz CT molecular complexity index is 832. The Balaban J connectivity index is 1.43. The molecule has 0 bridgehead atoms. The van der Waals surface area contributed by atoms with Crippen LogP contribution in [0.2, 0.25) is 0 Å². The van der Waals surface area contributed by atoms with Crippen LogP contribution < -0.4 is 5.32 Å². The summed E-state index contributed by atoms with van der Waals surface area (Å²) >= 11 is 0. The van der Waals surface area contributed by atoms with E-state index in [1.165, 1.54) is 11.1 Å². The highest BCUT2D eigenvalue weighted by atomic mass is 16.5. The van der Waals surface area contributed by atoms with Crippen molar-refractivity contribution in [2.24, 2.45) is 0 Å². The molecule has 0 aromatic heterocycles. The molecule has 1 N–H and O–H groups in total. The topological polar surface area (TPSA) is 61.9 Å². The van der Waals surface area contributed by atoms with E-state index in [2.05, 4.69) is 46.6 Å². The van der Waals surface area contributed by atoms with Gasteiger partial charge in [0.15, 0.2) is 0 Å². The van der Waals surface area contributed by atoms with E-state index in [-0.39, 0.29) is 18.2 Å². The lowest BCUT2D eigenvalue weighted by Crippen LogP contribution is -2.56. The standard InChI is InChI=1S/C23H27N3O3/c27-22(25-12-14-29-15-13-25)16-21-23(28)24-10-11-26(21)17-18-6-8-20(9-7-18)19-4-2-1-3-5-19/h1-9,21H,10-17H2,(H,24,28)/t21-/m1/s1. The molecule has 6 nitrogen and oxygen atoms in total. The molecule has 2 fully saturated rings. The molecular formula is C23H27N3O3. The van der Waals surface area contributed by atoms with Gasteiger partial charge in [0.05, 0.1) is 25.7 Å². The zero-order valence-electron chi connectivity index (χ0n) is 16.5. The first-order chi connectivity index (χ1) is 14.2. The van der Waals surface area contributed by atoms with Crippen LogP contribution in [0.1, 0.15) is 12.0 Å². The smallest absolute Gasteiger partial charge is 0.237 e. The third kappa shape index (κ3) is 4.83. The van der Waals surface area contributed by atoms with E-state index in [9.17, 15) is 9.59 Å². The van der Waals surface area contributed by atoms with Crippen molar-refractivity contribution in [3.05, 3.63) is 60.2 Å². The van der Waals surface area contributed by atoms with Crippen molar-refractivity contribution in [3.8, 4) is 11.1 Å². The van der Waals surface area contributed by atoms with Gasteiger partial charge in [0.2, 0.25) is 11.8 Å². The minimum absolute atomic E-state index is 0.0276. The van der Waals surface area contributed by atoms with Gasteiger partial charge >= 0.3 is 0 Å². The number of piperazine rings is 1. The lowest BCUT2D eigenvalue weighted by Gasteiger charge is -2.36. The molecule has 0 spiro atoms. The molecule has 0 radical (unpaired) electrons. The van der Waals surface area contributed by atoms with E-state index >= 15 is 0 Å². The number of ether oxygens (including phenoxy) is 1. The number of morpholine rings is 1. The number of carbonyl (C=O) groups excluding carboxylic acids is 2. The molecule has 6 heteroatoms. The van der Waals surface area contributed by atoms with E-state index in [0.29, 0.717) is 39.4 Å². The molecule has 4 rings (SSSR count). The average molecular weight is 393 g/mol. The van der Waals surface area contributed by atoms with Gasteiger partial charge in [-0.2, -0.15) is 0 Å². The van der Waals surface area contributed by atoms with E-state index in [0.717, 1.165) is 12.1 Å². The number of benzene rings is 2. The van der Waals surface area contributed by atoms with Gasteiger partial charge in [-0.3, -0.25) is 14.5 Å². The highest BCUT2D eigenvalue weighted by Gasteiger charge is 2.33. The molecule has 1 atom stereocenters. The van der Waals surface area contributed by atoms with Gasteiger partial charge < -0.3 is 15.0 Å². The predicted octanol–water partition coefficient (Wildman–Crippen LogP) is 1.90. The van der Waals surface area contributed by atoms with E-state index in [1.54, 1.807) is 4.90 Å². The van der Waals surface area contributed by atoms with E-state index in [1.807, 2.05) is 18.2 Å². The van der Waals surface area contributed by atoms with Crippen molar-refractivity contribution in [2.45, 2.75) is 19.0 Å². The Hall–Kier alpha value is -2.70. The lowest BCUT2D eigenvalue weighted by molar-refractivity contribution is -0.141. The van der Waals surface area contributed by atoms with Gasteiger partial charge in [0.1, 0.15) is 0 Å². The van der Waals surface area contributed by atoms with Gasteiger partial charge in [-0.15, -0.1) is 0 Å². The van der Waals surface area contributed by atoms with Crippen molar-refractivity contribution < 1.29 is 14.3 Å². The third-order valence-corrected chi connectivity index (χ3v) is 5.62. The molecule has 2 aromatic rings. The Morgan fingerprint density at radius 3 is 2.38 bits per heavy atom. The van der Waals surface area contributed by atoms with E-state index in [4.69, 9.17) is 4.74 Å². The fourth-order valence-corrected chi connectivity index (χ4v) is 3.95. The second-order valence-corrected chi connectivity index (χ2v) is 7.54. The van der Waals surface area contributed by atoms with Crippen LogP contribution in [0.25, 0.3) is 11.1 Å². The van der Waals surface area contributed by atoms with Gasteiger partial charge in [0, 0.05) is 32.7 Å². The Kier molecular flexibility index (Phi) is 6.22. The number of nitrogens with one attached hydrogen (secondary N) is 1. The summed E-state index contributed by atoms with van der Waals surface area (Å²) in [5.41, 5.74) is 3.50. The number of hydrogen-bond donors (Lipinski definition) is 1. The number of rotatable bonds is 5. The molecule has 2 aliphatic heterocycles. The summed E-state index contributed by atoms with van der Waals surface area (Å²) in [6.45, 7) is 4.36. The summed E-state index contributed by atoms with van der Waals surface area (Å²) in [6, 6.07) is 18.3. The summed E-state index contributed by atoms with van der Waals surface area (Å²) in [7, 11) is 0. The van der Waals surface area contributed by atoms with Gasteiger partial charge in [-0.25, -0.2) is 0 Å². The van der Waals surface area contributed by atoms with Crippen LogP contribution in [0.3, 0.4) is 0 Å². The minimum Gasteiger partial charge on any atom is -0.378 e. The molecule has 0 saturated carbocycles. The van der Waals surface area contributed by atoms with Gasteiger partial charge in [0.25, 0.3) is 0 Å². The fraction of sp³-hybridized carbons (Fsp3) is 0.391. The number of nitrogens with zero attached hydrogens (tertiary/aromatic N) is 2. The number of amides is 2. The molecule has 2 aromatic carbocycles. The summed E-state index contributed by atoms with van der Waals surface area (Å²) in [5, 5.41) is 2.91.